The van der Waals surface area contributed by atoms with Gasteiger partial charge >= 0.3 is 0 Å². The van der Waals surface area contributed by atoms with Crippen LogP contribution < -0.4 is 9.47 Å². The molecule has 3 rings (SSSR count). The third-order valence-electron chi connectivity index (χ3n) is 5.40. The van der Waals surface area contributed by atoms with Gasteiger partial charge in [-0.1, -0.05) is 24.3 Å². The highest BCUT2D eigenvalue weighted by Gasteiger charge is 2.29. The summed E-state index contributed by atoms with van der Waals surface area (Å²) in [5, 5.41) is 0. The highest BCUT2D eigenvalue weighted by Crippen LogP contribution is 2.21. The number of benzene rings is 2. The Morgan fingerprint density at radius 2 is 1.34 bits per heavy atom. The third kappa shape index (κ3) is 5.72. The Morgan fingerprint density at radius 3 is 1.69 bits per heavy atom. The summed E-state index contributed by atoms with van der Waals surface area (Å²) in [6, 6.07) is 15.1. The number of nitrogens with zero attached hydrogens (tertiary/aromatic N) is 2. The van der Waals surface area contributed by atoms with Gasteiger partial charge in [-0.15, -0.1) is 0 Å². The fourth-order valence-corrected chi connectivity index (χ4v) is 5.14. The number of sulfonamides is 1. The smallest absolute Gasteiger partial charge is 0.216 e. The zero-order chi connectivity index (χ0) is 20.9. The van der Waals surface area contributed by atoms with Crippen molar-refractivity contribution in [3.05, 3.63) is 59.7 Å². The maximum atomic E-state index is 13.3. The summed E-state index contributed by atoms with van der Waals surface area (Å²) >= 11 is 0. The van der Waals surface area contributed by atoms with Gasteiger partial charge in [0.2, 0.25) is 10.0 Å². The fourth-order valence-electron chi connectivity index (χ4n) is 3.42. The van der Waals surface area contributed by atoms with Crippen LogP contribution in [0, 0.1) is 0 Å². The molecule has 1 unspecified atom stereocenters. The first-order chi connectivity index (χ1) is 13.9. The van der Waals surface area contributed by atoms with Gasteiger partial charge in [0.25, 0.3) is 0 Å². The molecule has 6 nitrogen and oxygen atoms in total. The Hall–Kier alpha value is -2.09. The summed E-state index contributed by atoms with van der Waals surface area (Å²) in [5.41, 5.74) is 1.86. The molecular weight excluding hydrogens is 388 g/mol. The van der Waals surface area contributed by atoms with E-state index in [2.05, 4.69) is 4.90 Å². The van der Waals surface area contributed by atoms with Crippen molar-refractivity contribution < 1.29 is 17.9 Å². The van der Waals surface area contributed by atoms with Gasteiger partial charge < -0.3 is 9.47 Å². The van der Waals surface area contributed by atoms with Crippen molar-refractivity contribution in [3.63, 3.8) is 0 Å². The van der Waals surface area contributed by atoms with E-state index in [0.29, 0.717) is 13.1 Å². The molecule has 1 saturated heterocycles. The van der Waals surface area contributed by atoms with Crippen molar-refractivity contribution in [1.29, 1.82) is 0 Å². The number of ether oxygens (including phenoxy) is 2. The van der Waals surface area contributed by atoms with Crippen molar-refractivity contribution in [2.75, 3.05) is 33.1 Å². The molecule has 0 aromatic heterocycles. The van der Waals surface area contributed by atoms with E-state index in [0.717, 1.165) is 42.1 Å². The average Bonchev–Trinajstić information content (AvgIpc) is 2.66. The largest absolute Gasteiger partial charge is 0.497 e. The van der Waals surface area contributed by atoms with E-state index in [4.69, 9.17) is 9.47 Å². The number of methoxy groups -OCH3 is 2. The maximum absolute atomic E-state index is 13.3. The topological polar surface area (TPSA) is 59.1 Å². The van der Waals surface area contributed by atoms with Crippen molar-refractivity contribution in [2.24, 2.45) is 0 Å². The molecule has 0 N–H and O–H groups in total. The maximum Gasteiger partial charge on any atom is 0.216 e. The summed E-state index contributed by atoms with van der Waals surface area (Å²) in [6.07, 6.45) is 1.14. The van der Waals surface area contributed by atoms with Crippen LogP contribution in [0.25, 0.3) is 0 Å². The third-order valence-corrected chi connectivity index (χ3v) is 7.34. The Morgan fingerprint density at radius 1 is 0.897 bits per heavy atom. The van der Waals surface area contributed by atoms with E-state index in [9.17, 15) is 8.42 Å². The Labute approximate surface area is 174 Å². The molecule has 2 aromatic rings. The SMILES string of the molecule is COc1ccc(CN(Cc2ccc(OC)cc2)S(=O)(=O)CC(C)N2CCC2)cc1. The fraction of sp³-hybridized carbons (Fsp3) is 0.455. The van der Waals surface area contributed by atoms with E-state index in [-0.39, 0.29) is 11.8 Å². The summed E-state index contributed by atoms with van der Waals surface area (Å²) in [5.74, 6) is 1.63. The minimum Gasteiger partial charge on any atom is -0.497 e. The van der Waals surface area contributed by atoms with Crippen LogP contribution in [0.5, 0.6) is 11.5 Å². The zero-order valence-electron chi connectivity index (χ0n) is 17.4. The van der Waals surface area contributed by atoms with Crippen molar-refractivity contribution in [3.8, 4) is 11.5 Å². The van der Waals surface area contributed by atoms with Gasteiger partial charge in [0.1, 0.15) is 11.5 Å². The Balaban J connectivity index is 1.80. The lowest BCUT2D eigenvalue weighted by molar-refractivity contribution is 0.139. The molecule has 0 amide bonds. The van der Waals surface area contributed by atoms with Gasteiger partial charge in [0.05, 0.1) is 20.0 Å². The summed E-state index contributed by atoms with van der Waals surface area (Å²) in [7, 11) is -0.206. The number of hydrogen-bond acceptors (Lipinski definition) is 5. The van der Waals surface area contributed by atoms with Gasteiger partial charge in [-0.25, -0.2) is 8.42 Å². The molecule has 1 aliphatic heterocycles. The Kier molecular flexibility index (Phi) is 7.16. The van der Waals surface area contributed by atoms with Crippen LogP contribution in [0.15, 0.2) is 48.5 Å². The lowest BCUT2D eigenvalue weighted by Crippen LogP contribution is -2.48. The predicted molar refractivity (Wildman–Crippen MR) is 115 cm³/mol. The molecule has 7 heteroatoms. The molecule has 1 heterocycles. The summed E-state index contributed by atoms with van der Waals surface area (Å²) in [4.78, 5) is 2.22. The number of likely N-dealkylation sites (tertiary alicyclic amines) is 1. The second kappa shape index (κ2) is 9.61. The first-order valence-corrected chi connectivity index (χ1v) is 11.5. The second-order valence-corrected chi connectivity index (χ2v) is 9.49. The standard InChI is InChI=1S/C22H30N2O4S/c1-18(23-13-4-14-23)17-29(25,26)24(15-19-5-9-21(27-2)10-6-19)16-20-7-11-22(28-3)12-8-20/h5-12,18H,4,13-17H2,1-3H3. The van der Waals surface area contributed by atoms with Crippen LogP contribution in [0.2, 0.25) is 0 Å². The van der Waals surface area contributed by atoms with Crippen molar-refractivity contribution >= 4 is 10.0 Å². The van der Waals surface area contributed by atoms with Gasteiger partial charge in [0.15, 0.2) is 0 Å². The molecule has 1 aliphatic rings. The predicted octanol–water partition coefficient (Wildman–Crippen LogP) is 3.13. The van der Waals surface area contributed by atoms with Gasteiger partial charge in [0, 0.05) is 19.1 Å². The molecule has 0 bridgehead atoms. The monoisotopic (exact) mass is 418 g/mol. The number of hydrogen-bond donors (Lipinski definition) is 0. The normalized spacial score (nSPS) is 15.7. The average molecular weight is 419 g/mol. The first kappa shape index (κ1) is 21.6. The van der Waals surface area contributed by atoms with E-state index in [1.54, 1.807) is 18.5 Å². The quantitative estimate of drug-likeness (QED) is 0.593. The minimum atomic E-state index is -3.44. The van der Waals surface area contributed by atoms with E-state index in [1.165, 1.54) is 0 Å². The lowest BCUT2D eigenvalue weighted by atomic mass is 10.2. The molecule has 0 spiro atoms. The molecule has 0 saturated carbocycles. The second-order valence-electron chi connectivity index (χ2n) is 7.48. The van der Waals surface area contributed by atoms with Crippen molar-refractivity contribution in [2.45, 2.75) is 32.5 Å². The Bertz CT molecular complexity index is 829. The van der Waals surface area contributed by atoms with E-state index in [1.807, 2.05) is 55.5 Å². The minimum absolute atomic E-state index is 0.0167. The van der Waals surface area contributed by atoms with E-state index >= 15 is 0 Å². The summed E-state index contributed by atoms with van der Waals surface area (Å²) < 4.78 is 38.6. The molecule has 1 atom stereocenters. The molecule has 1 fully saturated rings. The zero-order valence-corrected chi connectivity index (χ0v) is 18.2. The van der Waals surface area contributed by atoms with Crippen LogP contribution in [0.4, 0.5) is 0 Å². The van der Waals surface area contributed by atoms with Gasteiger partial charge in [-0.2, -0.15) is 4.31 Å². The highest BCUT2D eigenvalue weighted by molar-refractivity contribution is 7.89. The van der Waals surface area contributed by atoms with Crippen LogP contribution in [-0.4, -0.2) is 56.7 Å². The molecule has 2 aromatic carbocycles. The van der Waals surface area contributed by atoms with Gasteiger partial charge in [-0.3, -0.25) is 4.90 Å². The van der Waals surface area contributed by atoms with Crippen LogP contribution in [-0.2, 0) is 23.1 Å². The molecule has 29 heavy (non-hydrogen) atoms. The molecular formula is C22H30N2O4S. The first-order valence-electron chi connectivity index (χ1n) is 9.89. The van der Waals surface area contributed by atoms with Crippen LogP contribution >= 0.6 is 0 Å². The van der Waals surface area contributed by atoms with Crippen LogP contribution in [0.1, 0.15) is 24.5 Å². The number of rotatable bonds is 10. The van der Waals surface area contributed by atoms with E-state index < -0.39 is 10.0 Å². The summed E-state index contributed by atoms with van der Waals surface area (Å²) in [6.45, 7) is 4.60. The van der Waals surface area contributed by atoms with Crippen LogP contribution in [0.3, 0.4) is 0 Å². The molecule has 0 radical (unpaired) electrons. The lowest BCUT2D eigenvalue weighted by Gasteiger charge is -2.37. The molecule has 158 valence electrons. The van der Waals surface area contributed by atoms with Gasteiger partial charge in [-0.05, 0) is 61.8 Å². The van der Waals surface area contributed by atoms with Crippen molar-refractivity contribution in [1.82, 2.24) is 9.21 Å². The molecule has 0 aliphatic carbocycles. The highest BCUT2D eigenvalue weighted by atomic mass is 32.2.